The molecule has 2 rings (SSSR count). The number of para-hydroxylation sites is 2. The van der Waals surface area contributed by atoms with E-state index in [1.807, 2.05) is 6.07 Å². The van der Waals surface area contributed by atoms with E-state index in [-0.39, 0.29) is 12.5 Å². The number of oxime groups is 1. The van der Waals surface area contributed by atoms with Gasteiger partial charge in [0.05, 0.1) is 24.0 Å². The summed E-state index contributed by atoms with van der Waals surface area (Å²) >= 11 is 11.8. The lowest BCUT2D eigenvalue weighted by molar-refractivity contribution is -0.120. The van der Waals surface area contributed by atoms with Gasteiger partial charge < -0.3 is 14.9 Å². The quantitative estimate of drug-likeness (QED) is 0.631. The van der Waals surface area contributed by atoms with Gasteiger partial charge in [0.1, 0.15) is 5.75 Å². The number of rotatable bonds is 6. The van der Waals surface area contributed by atoms with Crippen LogP contribution in [0.2, 0.25) is 10.0 Å². The number of amides is 1. The third-order valence-electron chi connectivity index (χ3n) is 2.81. The first kappa shape index (κ1) is 17.1. The number of carbonyl (C=O) groups is 1. The van der Waals surface area contributed by atoms with Crippen LogP contribution in [0.25, 0.3) is 0 Å². The largest absolute Gasteiger partial charge is 0.495 e. The van der Waals surface area contributed by atoms with Crippen LogP contribution in [0.1, 0.15) is 5.56 Å². The van der Waals surface area contributed by atoms with E-state index in [2.05, 4.69) is 10.5 Å². The van der Waals surface area contributed by atoms with Crippen LogP contribution < -0.4 is 10.1 Å². The summed E-state index contributed by atoms with van der Waals surface area (Å²) in [7, 11) is 1.53. The molecule has 0 fully saturated rings. The van der Waals surface area contributed by atoms with Crippen molar-refractivity contribution in [2.75, 3.05) is 19.0 Å². The number of benzene rings is 2. The highest BCUT2D eigenvalue weighted by Gasteiger charge is 2.07. The van der Waals surface area contributed by atoms with Crippen molar-refractivity contribution in [1.29, 1.82) is 0 Å². The Bertz CT molecular complexity index is 720. The molecule has 0 saturated carbocycles. The summed E-state index contributed by atoms with van der Waals surface area (Å²) in [6.07, 6.45) is 1.41. The minimum absolute atomic E-state index is 0.236. The normalized spacial score (nSPS) is 10.6. The summed E-state index contributed by atoms with van der Waals surface area (Å²) in [6.45, 7) is -0.236. The minimum Gasteiger partial charge on any atom is -0.495 e. The van der Waals surface area contributed by atoms with Crippen LogP contribution >= 0.6 is 23.2 Å². The van der Waals surface area contributed by atoms with Crippen LogP contribution in [-0.2, 0) is 9.63 Å². The van der Waals surface area contributed by atoms with Crippen LogP contribution in [0, 0.1) is 0 Å². The van der Waals surface area contributed by atoms with Crippen molar-refractivity contribution < 1.29 is 14.4 Å². The van der Waals surface area contributed by atoms with Crippen molar-refractivity contribution in [2.45, 2.75) is 0 Å². The zero-order valence-electron chi connectivity index (χ0n) is 12.3. The fourth-order valence-electron chi connectivity index (χ4n) is 1.73. The molecule has 23 heavy (non-hydrogen) atoms. The maximum atomic E-state index is 11.8. The predicted molar refractivity (Wildman–Crippen MR) is 91.6 cm³/mol. The highest BCUT2D eigenvalue weighted by atomic mass is 35.5. The number of nitrogens with one attached hydrogen (secondary N) is 1. The summed E-state index contributed by atoms with van der Waals surface area (Å²) in [5.74, 6) is 0.214. The van der Waals surface area contributed by atoms with Gasteiger partial charge in [-0.15, -0.1) is 0 Å². The van der Waals surface area contributed by atoms with Gasteiger partial charge in [0.25, 0.3) is 5.91 Å². The Balaban J connectivity index is 1.86. The van der Waals surface area contributed by atoms with E-state index >= 15 is 0 Å². The smallest absolute Gasteiger partial charge is 0.265 e. The standard InChI is InChI=1S/C16H14Cl2N2O3/c1-22-15-5-3-2-4-14(15)20-16(21)10-23-19-9-11-6-7-12(17)8-13(11)18/h2-9H,10H2,1H3,(H,20,21)/b19-9-. The molecule has 0 bridgehead atoms. The molecule has 2 aromatic carbocycles. The highest BCUT2D eigenvalue weighted by Crippen LogP contribution is 2.22. The Morgan fingerprint density at radius 2 is 2.04 bits per heavy atom. The number of anilines is 1. The first-order valence-electron chi connectivity index (χ1n) is 6.63. The molecular weight excluding hydrogens is 339 g/mol. The molecule has 0 radical (unpaired) electrons. The van der Waals surface area contributed by atoms with Gasteiger partial charge in [-0.3, -0.25) is 4.79 Å². The summed E-state index contributed by atoms with van der Waals surface area (Å²) in [4.78, 5) is 16.7. The molecule has 0 saturated heterocycles. The Kier molecular flexibility index (Phi) is 6.26. The molecule has 2 aromatic rings. The minimum atomic E-state index is -0.353. The molecule has 0 aliphatic rings. The fourth-order valence-corrected chi connectivity index (χ4v) is 2.19. The number of hydrogen-bond donors (Lipinski definition) is 1. The second-order valence-corrected chi connectivity index (χ2v) is 5.27. The van der Waals surface area contributed by atoms with Crippen LogP contribution in [0.4, 0.5) is 5.69 Å². The summed E-state index contributed by atoms with van der Waals surface area (Å²) in [5, 5.41) is 7.36. The zero-order valence-corrected chi connectivity index (χ0v) is 13.8. The Hall–Kier alpha value is -2.24. The fraction of sp³-hybridized carbons (Fsp3) is 0.125. The topological polar surface area (TPSA) is 59.9 Å². The summed E-state index contributed by atoms with van der Waals surface area (Å²) in [6, 6.07) is 12.1. The Labute approximate surface area is 143 Å². The van der Waals surface area contributed by atoms with Gasteiger partial charge in [-0.2, -0.15) is 0 Å². The maximum Gasteiger partial charge on any atom is 0.265 e. The molecule has 0 atom stereocenters. The molecule has 1 amide bonds. The number of nitrogens with zero attached hydrogens (tertiary/aromatic N) is 1. The van der Waals surface area contributed by atoms with Gasteiger partial charge in [0, 0.05) is 10.6 Å². The van der Waals surface area contributed by atoms with E-state index in [4.69, 9.17) is 32.8 Å². The maximum absolute atomic E-state index is 11.8. The first-order chi connectivity index (χ1) is 11.1. The van der Waals surface area contributed by atoms with Gasteiger partial charge in [-0.05, 0) is 24.3 Å². The molecule has 0 spiro atoms. The van der Waals surface area contributed by atoms with Gasteiger partial charge in [0.15, 0.2) is 6.61 Å². The zero-order chi connectivity index (χ0) is 16.7. The molecule has 0 aliphatic carbocycles. The van der Waals surface area contributed by atoms with Crippen LogP contribution in [-0.4, -0.2) is 25.8 Å². The molecule has 0 aromatic heterocycles. The predicted octanol–water partition coefficient (Wildman–Crippen LogP) is 3.99. The number of ether oxygens (including phenoxy) is 1. The molecule has 0 heterocycles. The average molecular weight is 353 g/mol. The van der Waals surface area contributed by atoms with Gasteiger partial charge in [-0.1, -0.05) is 46.6 Å². The molecule has 1 N–H and O–H groups in total. The second kappa shape index (κ2) is 8.41. The monoisotopic (exact) mass is 352 g/mol. The SMILES string of the molecule is COc1ccccc1NC(=O)CO/N=C\c1ccc(Cl)cc1Cl. The first-order valence-corrected chi connectivity index (χ1v) is 7.39. The molecular formula is C16H14Cl2N2O3. The summed E-state index contributed by atoms with van der Waals surface area (Å²) in [5.41, 5.74) is 1.20. The van der Waals surface area contributed by atoms with Crippen molar-refractivity contribution in [2.24, 2.45) is 5.16 Å². The average Bonchev–Trinajstić information content (AvgIpc) is 2.53. The van der Waals surface area contributed by atoms with Gasteiger partial charge in [-0.25, -0.2) is 0 Å². The van der Waals surface area contributed by atoms with Crippen molar-refractivity contribution in [3.05, 3.63) is 58.1 Å². The van der Waals surface area contributed by atoms with Crippen molar-refractivity contribution in [1.82, 2.24) is 0 Å². The van der Waals surface area contributed by atoms with Crippen molar-refractivity contribution in [3.63, 3.8) is 0 Å². The van der Waals surface area contributed by atoms with Crippen molar-refractivity contribution in [3.8, 4) is 5.75 Å². The second-order valence-electron chi connectivity index (χ2n) is 4.42. The third kappa shape index (κ3) is 5.16. The van der Waals surface area contributed by atoms with Gasteiger partial charge in [0.2, 0.25) is 0 Å². The Morgan fingerprint density at radius 1 is 1.26 bits per heavy atom. The van der Waals surface area contributed by atoms with E-state index in [0.717, 1.165) is 0 Å². The van der Waals surface area contributed by atoms with E-state index in [1.54, 1.807) is 36.4 Å². The Morgan fingerprint density at radius 3 is 2.78 bits per heavy atom. The number of methoxy groups -OCH3 is 1. The summed E-state index contributed by atoms with van der Waals surface area (Å²) < 4.78 is 5.14. The number of carbonyl (C=O) groups excluding carboxylic acids is 1. The van der Waals surface area contributed by atoms with E-state index < -0.39 is 0 Å². The van der Waals surface area contributed by atoms with E-state index in [1.165, 1.54) is 13.3 Å². The molecule has 0 aliphatic heterocycles. The third-order valence-corrected chi connectivity index (χ3v) is 3.37. The lowest BCUT2D eigenvalue weighted by Gasteiger charge is -2.08. The number of hydrogen-bond acceptors (Lipinski definition) is 4. The van der Waals surface area contributed by atoms with E-state index in [0.29, 0.717) is 27.0 Å². The van der Waals surface area contributed by atoms with Gasteiger partial charge >= 0.3 is 0 Å². The van der Waals surface area contributed by atoms with Crippen LogP contribution in [0.15, 0.2) is 47.6 Å². The number of halogens is 2. The van der Waals surface area contributed by atoms with E-state index in [9.17, 15) is 4.79 Å². The highest BCUT2D eigenvalue weighted by molar-refractivity contribution is 6.36. The van der Waals surface area contributed by atoms with Crippen LogP contribution in [0.3, 0.4) is 0 Å². The molecule has 5 nitrogen and oxygen atoms in total. The lowest BCUT2D eigenvalue weighted by atomic mass is 10.2. The lowest BCUT2D eigenvalue weighted by Crippen LogP contribution is -2.17. The molecule has 120 valence electrons. The van der Waals surface area contributed by atoms with Crippen LogP contribution in [0.5, 0.6) is 5.75 Å². The molecule has 0 unspecified atom stereocenters. The molecule has 7 heteroatoms. The van der Waals surface area contributed by atoms with Crippen molar-refractivity contribution >= 4 is 41.0 Å².